The maximum atomic E-state index is 12.8. The predicted octanol–water partition coefficient (Wildman–Crippen LogP) is 12.5. The normalized spacial score (nSPS) is 20.0. The SMILES string of the molecule is CCCCC/C=C\C/C=C\CCCCCCCC(=O)OC(COCCCCCCCCCCCCCCCCCCCCCCCCC)COC1OC(CO)C(O)C(O)C1O. The van der Waals surface area contributed by atoms with Crippen LogP contribution in [0.5, 0.6) is 0 Å². The molecule has 9 heteroatoms. The molecule has 6 atom stereocenters. The molecule has 0 aromatic heterocycles. The summed E-state index contributed by atoms with van der Waals surface area (Å²) in [4.78, 5) is 12.8. The molecule has 1 saturated heterocycles. The summed E-state index contributed by atoms with van der Waals surface area (Å²) in [6, 6.07) is 0. The highest BCUT2D eigenvalue weighted by Crippen LogP contribution is 2.23. The van der Waals surface area contributed by atoms with Crippen LogP contribution in [-0.2, 0) is 23.7 Å². The second-order valence-corrected chi connectivity index (χ2v) is 18.0. The van der Waals surface area contributed by atoms with Gasteiger partial charge in [0.15, 0.2) is 6.29 Å². The lowest BCUT2D eigenvalue weighted by Gasteiger charge is -2.39. The van der Waals surface area contributed by atoms with Crippen molar-refractivity contribution in [2.45, 2.75) is 275 Å². The Morgan fingerprint density at radius 3 is 1.44 bits per heavy atom. The van der Waals surface area contributed by atoms with Crippen molar-refractivity contribution in [3.63, 3.8) is 0 Å². The Kier molecular flexibility index (Phi) is 41.5. The fourth-order valence-corrected chi connectivity index (χ4v) is 8.05. The van der Waals surface area contributed by atoms with E-state index in [9.17, 15) is 25.2 Å². The van der Waals surface area contributed by atoms with Gasteiger partial charge >= 0.3 is 5.97 Å². The largest absolute Gasteiger partial charge is 0.457 e. The maximum Gasteiger partial charge on any atom is 0.306 e. The van der Waals surface area contributed by atoms with E-state index in [1.165, 1.54) is 161 Å². The molecule has 360 valence electrons. The Hall–Kier alpha value is -1.33. The smallest absolute Gasteiger partial charge is 0.306 e. The van der Waals surface area contributed by atoms with Gasteiger partial charge in [0, 0.05) is 13.0 Å². The minimum Gasteiger partial charge on any atom is -0.457 e. The van der Waals surface area contributed by atoms with Gasteiger partial charge in [0.1, 0.15) is 30.5 Å². The van der Waals surface area contributed by atoms with Crippen LogP contribution in [0, 0.1) is 0 Å². The van der Waals surface area contributed by atoms with Gasteiger partial charge in [-0.3, -0.25) is 4.79 Å². The number of carbonyl (C=O) groups excluding carboxylic acids is 1. The number of unbranched alkanes of at least 4 members (excludes halogenated alkanes) is 30. The van der Waals surface area contributed by atoms with Crippen LogP contribution in [-0.4, -0.2) is 89.6 Å². The molecule has 0 bridgehead atoms. The lowest BCUT2D eigenvalue weighted by atomic mass is 9.99. The molecule has 9 nitrogen and oxygen atoms in total. The molecule has 0 amide bonds. The van der Waals surface area contributed by atoms with E-state index in [1.54, 1.807) is 0 Å². The Morgan fingerprint density at radius 2 is 0.951 bits per heavy atom. The first-order chi connectivity index (χ1) is 29.9. The topological polar surface area (TPSA) is 135 Å². The summed E-state index contributed by atoms with van der Waals surface area (Å²) in [6.07, 6.45) is 45.0. The second kappa shape index (κ2) is 43.9. The van der Waals surface area contributed by atoms with Gasteiger partial charge in [0.2, 0.25) is 0 Å². The molecule has 6 unspecified atom stereocenters. The molecular formula is C52H98O9. The first-order valence-corrected chi connectivity index (χ1v) is 25.9. The molecule has 61 heavy (non-hydrogen) atoms. The molecule has 0 aliphatic carbocycles. The summed E-state index contributed by atoms with van der Waals surface area (Å²) in [5, 5.41) is 40.2. The number of ether oxygens (including phenoxy) is 4. The molecule has 1 rings (SSSR count). The molecule has 1 fully saturated rings. The first-order valence-electron chi connectivity index (χ1n) is 25.9. The second-order valence-electron chi connectivity index (χ2n) is 18.0. The number of hydrogen-bond acceptors (Lipinski definition) is 9. The van der Waals surface area contributed by atoms with E-state index in [-0.39, 0.29) is 19.2 Å². The third kappa shape index (κ3) is 34.7. The van der Waals surface area contributed by atoms with E-state index in [2.05, 4.69) is 38.2 Å². The highest BCUT2D eigenvalue weighted by atomic mass is 16.7. The molecule has 4 N–H and O–H groups in total. The van der Waals surface area contributed by atoms with Gasteiger partial charge < -0.3 is 39.4 Å². The van der Waals surface area contributed by atoms with Gasteiger partial charge in [-0.05, 0) is 44.9 Å². The summed E-state index contributed by atoms with van der Waals surface area (Å²) < 4.78 is 22.9. The van der Waals surface area contributed by atoms with Crippen LogP contribution in [0.2, 0.25) is 0 Å². The monoisotopic (exact) mass is 867 g/mol. The zero-order valence-electron chi connectivity index (χ0n) is 39.7. The van der Waals surface area contributed by atoms with Gasteiger partial charge in [-0.15, -0.1) is 0 Å². The highest BCUT2D eigenvalue weighted by molar-refractivity contribution is 5.69. The third-order valence-corrected chi connectivity index (χ3v) is 12.1. The molecule has 1 heterocycles. The number of carbonyl (C=O) groups is 1. The van der Waals surface area contributed by atoms with Crippen molar-refractivity contribution in [1.29, 1.82) is 0 Å². The molecule has 0 radical (unpaired) electrons. The minimum absolute atomic E-state index is 0.115. The number of aliphatic hydroxyl groups is 4. The van der Waals surface area contributed by atoms with E-state index in [0.29, 0.717) is 13.0 Å². The van der Waals surface area contributed by atoms with Crippen molar-refractivity contribution in [3.05, 3.63) is 24.3 Å². The van der Waals surface area contributed by atoms with Crippen LogP contribution in [0.15, 0.2) is 24.3 Å². The lowest BCUT2D eigenvalue weighted by molar-refractivity contribution is -0.305. The van der Waals surface area contributed by atoms with E-state index in [1.807, 2.05) is 0 Å². The van der Waals surface area contributed by atoms with Gasteiger partial charge in [0.25, 0.3) is 0 Å². The Morgan fingerprint density at radius 1 is 0.525 bits per heavy atom. The van der Waals surface area contributed by atoms with Gasteiger partial charge in [-0.2, -0.15) is 0 Å². The Labute approximate surface area is 375 Å². The van der Waals surface area contributed by atoms with Gasteiger partial charge in [0.05, 0.1) is 19.8 Å². The zero-order chi connectivity index (χ0) is 44.3. The van der Waals surface area contributed by atoms with E-state index >= 15 is 0 Å². The fraction of sp³-hybridized carbons (Fsp3) is 0.904. The lowest BCUT2D eigenvalue weighted by Crippen LogP contribution is -2.59. The van der Waals surface area contributed by atoms with Crippen LogP contribution in [0.1, 0.15) is 239 Å². The van der Waals surface area contributed by atoms with Crippen LogP contribution in [0.3, 0.4) is 0 Å². The Balaban J connectivity index is 2.17. The molecule has 1 aliphatic heterocycles. The van der Waals surface area contributed by atoms with Crippen molar-refractivity contribution >= 4 is 5.97 Å². The van der Waals surface area contributed by atoms with Crippen molar-refractivity contribution in [1.82, 2.24) is 0 Å². The molecule has 1 aliphatic rings. The standard InChI is InChI=1S/C52H98O9/c1-3-5-7-9-11-13-15-17-19-20-21-22-23-24-25-26-28-30-32-34-36-38-40-42-58-44-46(45-59-52-51(57)50(56)49(55)47(43-53)61-52)60-48(54)41-39-37-35-33-31-29-27-18-16-14-12-10-8-6-4-2/h12,14,18,27,46-47,49-53,55-57H,3-11,13,15-17,19-26,28-45H2,1-2H3/b14-12-,27-18-. The Bertz CT molecular complexity index is 988. The molecule has 0 spiro atoms. The minimum atomic E-state index is -1.54. The van der Waals surface area contributed by atoms with E-state index < -0.39 is 43.4 Å². The number of allylic oxidation sites excluding steroid dienone is 4. The molecule has 0 aromatic rings. The summed E-state index contributed by atoms with van der Waals surface area (Å²) >= 11 is 0. The summed E-state index contributed by atoms with van der Waals surface area (Å²) in [6.45, 7) is 4.56. The van der Waals surface area contributed by atoms with Crippen molar-refractivity contribution < 1.29 is 44.2 Å². The number of rotatable bonds is 45. The summed E-state index contributed by atoms with van der Waals surface area (Å²) in [5.41, 5.74) is 0. The van der Waals surface area contributed by atoms with Crippen molar-refractivity contribution in [3.8, 4) is 0 Å². The zero-order valence-corrected chi connectivity index (χ0v) is 39.7. The van der Waals surface area contributed by atoms with Gasteiger partial charge in [-0.25, -0.2) is 0 Å². The van der Waals surface area contributed by atoms with E-state index in [0.717, 1.165) is 57.8 Å². The summed E-state index contributed by atoms with van der Waals surface area (Å²) in [5.74, 6) is -0.323. The first kappa shape index (κ1) is 57.7. The average Bonchev–Trinajstić information content (AvgIpc) is 3.26. The fourth-order valence-electron chi connectivity index (χ4n) is 8.05. The van der Waals surface area contributed by atoms with Crippen molar-refractivity contribution in [2.75, 3.05) is 26.4 Å². The molecule has 0 saturated carbocycles. The molecular weight excluding hydrogens is 769 g/mol. The number of aliphatic hydroxyl groups excluding tert-OH is 4. The van der Waals surface area contributed by atoms with Crippen molar-refractivity contribution in [2.24, 2.45) is 0 Å². The highest BCUT2D eigenvalue weighted by Gasteiger charge is 2.44. The van der Waals surface area contributed by atoms with Crippen LogP contribution in [0.4, 0.5) is 0 Å². The average molecular weight is 867 g/mol. The molecule has 0 aromatic carbocycles. The van der Waals surface area contributed by atoms with Crippen LogP contribution < -0.4 is 0 Å². The number of hydrogen-bond donors (Lipinski definition) is 4. The van der Waals surface area contributed by atoms with Gasteiger partial charge in [-0.1, -0.05) is 212 Å². The van der Waals surface area contributed by atoms with Crippen LogP contribution >= 0.6 is 0 Å². The van der Waals surface area contributed by atoms with Crippen LogP contribution in [0.25, 0.3) is 0 Å². The third-order valence-electron chi connectivity index (χ3n) is 12.1. The summed E-state index contributed by atoms with van der Waals surface area (Å²) in [7, 11) is 0. The van der Waals surface area contributed by atoms with E-state index in [4.69, 9.17) is 18.9 Å². The quantitative estimate of drug-likeness (QED) is 0.0268. The maximum absolute atomic E-state index is 12.8. The number of esters is 1. The predicted molar refractivity (Wildman–Crippen MR) is 252 cm³/mol.